The molecule has 1 aliphatic heterocycles. The lowest BCUT2D eigenvalue weighted by atomic mass is 9.96. The van der Waals surface area contributed by atoms with Crippen molar-refractivity contribution in [1.82, 2.24) is 19.4 Å². The first-order chi connectivity index (χ1) is 15.5. The molecule has 33 heavy (non-hydrogen) atoms. The Kier molecular flexibility index (Phi) is 7.31. The lowest BCUT2D eigenvalue weighted by Crippen LogP contribution is -2.53. The fraction of sp³-hybridized carbons (Fsp3) is 0.500. The molecule has 2 aromatic rings. The van der Waals surface area contributed by atoms with Gasteiger partial charge in [0, 0.05) is 52.0 Å². The molecular formula is C22H27F3N4O4. The van der Waals surface area contributed by atoms with Crippen LogP contribution in [0.4, 0.5) is 13.2 Å². The lowest BCUT2D eigenvalue weighted by molar-refractivity contribution is -0.272. The molecule has 8 nitrogen and oxygen atoms in total. The molecule has 0 bridgehead atoms. The number of carbonyl (C=O) groups excluding carboxylic acids is 2. The summed E-state index contributed by atoms with van der Waals surface area (Å²) in [5.74, 6) is -0.845. The standard InChI is InChI=1S/C22H27F3N4O4/c1-27-10-9-26-20(27)21(32,22(23,24)25)15-19(31)29-13-11-28(12-14-29)18(30)8-5-16-3-6-17(33-2)7-4-16/h3-4,6-7,9-10,32H,5,8,11-15H2,1-2H3. The van der Waals surface area contributed by atoms with E-state index in [0.29, 0.717) is 6.42 Å². The molecule has 2 heterocycles. The Bertz CT molecular complexity index is 969. The zero-order chi connectivity index (χ0) is 24.2. The summed E-state index contributed by atoms with van der Waals surface area (Å²) in [7, 11) is 2.89. The number of hydrogen-bond acceptors (Lipinski definition) is 5. The van der Waals surface area contributed by atoms with E-state index in [0.717, 1.165) is 22.1 Å². The lowest BCUT2D eigenvalue weighted by Gasteiger charge is -2.37. The predicted molar refractivity (Wildman–Crippen MR) is 112 cm³/mol. The van der Waals surface area contributed by atoms with Gasteiger partial charge in [0.25, 0.3) is 0 Å². The van der Waals surface area contributed by atoms with Gasteiger partial charge in [-0.2, -0.15) is 13.2 Å². The number of halogens is 3. The molecule has 1 aromatic carbocycles. The first-order valence-electron chi connectivity index (χ1n) is 10.5. The number of ether oxygens (including phenoxy) is 1. The van der Waals surface area contributed by atoms with Crippen LogP contribution >= 0.6 is 0 Å². The van der Waals surface area contributed by atoms with Crippen LogP contribution < -0.4 is 4.74 Å². The van der Waals surface area contributed by atoms with Crippen molar-refractivity contribution >= 4 is 11.8 Å². The number of imidazole rings is 1. The third-order valence-electron chi connectivity index (χ3n) is 5.84. The van der Waals surface area contributed by atoms with E-state index in [2.05, 4.69) is 4.98 Å². The second kappa shape index (κ2) is 9.82. The minimum absolute atomic E-state index is 0.0854. The van der Waals surface area contributed by atoms with E-state index in [1.165, 1.54) is 18.1 Å². The molecule has 180 valence electrons. The number of aryl methyl sites for hydroxylation is 2. The highest BCUT2D eigenvalue weighted by atomic mass is 19.4. The van der Waals surface area contributed by atoms with Gasteiger partial charge in [-0.1, -0.05) is 12.1 Å². The molecule has 11 heteroatoms. The molecule has 1 aliphatic rings. The molecule has 0 spiro atoms. The monoisotopic (exact) mass is 468 g/mol. The quantitative estimate of drug-likeness (QED) is 0.671. The van der Waals surface area contributed by atoms with Crippen LogP contribution in [0, 0.1) is 0 Å². The predicted octanol–water partition coefficient (Wildman–Crippen LogP) is 1.87. The topological polar surface area (TPSA) is 87.9 Å². The summed E-state index contributed by atoms with van der Waals surface area (Å²) in [4.78, 5) is 31.6. The van der Waals surface area contributed by atoms with Gasteiger partial charge in [0.1, 0.15) is 5.75 Å². The largest absolute Gasteiger partial charge is 0.497 e. The number of nitrogens with zero attached hydrogens (tertiary/aromatic N) is 4. The van der Waals surface area contributed by atoms with E-state index in [4.69, 9.17) is 4.74 Å². The summed E-state index contributed by atoms with van der Waals surface area (Å²) >= 11 is 0. The Hall–Kier alpha value is -3.08. The second-order valence-electron chi connectivity index (χ2n) is 8.01. The number of aromatic nitrogens is 2. The van der Waals surface area contributed by atoms with Crippen LogP contribution in [0.15, 0.2) is 36.7 Å². The number of alkyl halides is 3. The van der Waals surface area contributed by atoms with Gasteiger partial charge in [0.05, 0.1) is 13.5 Å². The first kappa shape index (κ1) is 24.6. The Morgan fingerprint density at radius 2 is 1.64 bits per heavy atom. The molecule has 1 atom stereocenters. The highest BCUT2D eigenvalue weighted by Crippen LogP contribution is 2.41. The normalized spacial score (nSPS) is 16.4. The third-order valence-corrected chi connectivity index (χ3v) is 5.84. The number of methoxy groups -OCH3 is 1. The van der Waals surface area contributed by atoms with E-state index in [-0.39, 0.29) is 38.5 Å². The summed E-state index contributed by atoms with van der Waals surface area (Å²) < 4.78 is 47.2. The number of carbonyl (C=O) groups is 2. The summed E-state index contributed by atoms with van der Waals surface area (Å²) in [5.41, 5.74) is -2.41. The summed E-state index contributed by atoms with van der Waals surface area (Å²) in [6.45, 7) is 0.642. The fourth-order valence-corrected chi connectivity index (χ4v) is 3.81. The van der Waals surface area contributed by atoms with Gasteiger partial charge in [-0.05, 0) is 24.1 Å². The van der Waals surface area contributed by atoms with E-state index >= 15 is 0 Å². The van der Waals surface area contributed by atoms with Crippen LogP contribution in [0.1, 0.15) is 24.2 Å². The summed E-state index contributed by atoms with van der Waals surface area (Å²) in [6, 6.07) is 7.40. The molecule has 0 saturated carbocycles. The maximum atomic E-state index is 13.7. The van der Waals surface area contributed by atoms with Crippen LogP contribution in [0.2, 0.25) is 0 Å². The third kappa shape index (κ3) is 5.47. The van der Waals surface area contributed by atoms with Gasteiger partial charge >= 0.3 is 6.18 Å². The first-order valence-corrected chi connectivity index (χ1v) is 10.5. The Morgan fingerprint density at radius 3 is 2.12 bits per heavy atom. The van der Waals surface area contributed by atoms with Crippen molar-refractivity contribution in [2.75, 3.05) is 33.3 Å². The van der Waals surface area contributed by atoms with Crippen molar-refractivity contribution in [2.24, 2.45) is 7.05 Å². The molecule has 1 saturated heterocycles. The minimum Gasteiger partial charge on any atom is -0.497 e. The van der Waals surface area contributed by atoms with Crippen LogP contribution in [-0.4, -0.2) is 75.7 Å². The molecule has 1 N–H and O–H groups in total. The van der Waals surface area contributed by atoms with Crippen LogP contribution in [-0.2, 0) is 28.7 Å². The molecule has 3 rings (SSSR count). The van der Waals surface area contributed by atoms with Crippen molar-refractivity contribution in [3.05, 3.63) is 48.0 Å². The SMILES string of the molecule is COc1ccc(CCC(=O)N2CCN(C(=O)CC(O)(c3nccn3C)C(F)(F)F)CC2)cc1. The van der Waals surface area contributed by atoms with Gasteiger partial charge in [-0.15, -0.1) is 0 Å². The average molecular weight is 468 g/mol. The summed E-state index contributed by atoms with van der Waals surface area (Å²) in [6.07, 6.45) is -3.02. The molecule has 0 radical (unpaired) electrons. The van der Waals surface area contributed by atoms with E-state index in [9.17, 15) is 27.9 Å². The number of hydrogen-bond donors (Lipinski definition) is 1. The Morgan fingerprint density at radius 1 is 1.06 bits per heavy atom. The van der Waals surface area contributed by atoms with Gasteiger partial charge in [0.15, 0.2) is 5.82 Å². The van der Waals surface area contributed by atoms with Crippen LogP contribution in [0.25, 0.3) is 0 Å². The smallest absolute Gasteiger partial charge is 0.425 e. The molecule has 2 amide bonds. The number of benzene rings is 1. The number of piperazine rings is 1. The molecule has 0 aliphatic carbocycles. The van der Waals surface area contributed by atoms with E-state index in [1.807, 2.05) is 24.3 Å². The van der Waals surface area contributed by atoms with Crippen LogP contribution in [0.3, 0.4) is 0 Å². The van der Waals surface area contributed by atoms with Crippen molar-refractivity contribution in [3.8, 4) is 5.75 Å². The van der Waals surface area contributed by atoms with Gasteiger partial charge in [0.2, 0.25) is 17.4 Å². The zero-order valence-corrected chi connectivity index (χ0v) is 18.5. The molecule has 1 fully saturated rings. The molecule has 1 aromatic heterocycles. The highest BCUT2D eigenvalue weighted by molar-refractivity contribution is 5.79. The minimum atomic E-state index is -5.08. The van der Waals surface area contributed by atoms with Gasteiger partial charge in [-0.3, -0.25) is 9.59 Å². The average Bonchev–Trinajstić information content (AvgIpc) is 3.23. The van der Waals surface area contributed by atoms with Gasteiger partial charge in [-0.25, -0.2) is 4.98 Å². The number of amides is 2. The fourth-order valence-electron chi connectivity index (χ4n) is 3.81. The maximum absolute atomic E-state index is 13.7. The van der Waals surface area contributed by atoms with Crippen molar-refractivity contribution in [3.63, 3.8) is 0 Å². The van der Waals surface area contributed by atoms with Gasteiger partial charge < -0.3 is 24.2 Å². The van der Waals surface area contributed by atoms with Crippen LogP contribution in [0.5, 0.6) is 5.75 Å². The number of aliphatic hydroxyl groups is 1. The van der Waals surface area contributed by atoms with E-state index < -0.39 is 29.9 Å². The second-order valence-corrected chi connectivity index (χ2v) is 8.01. The maximum Gasteiger partial charge on any atom is 0.425 e. The highest BCUT2D eigenvalue weighted by Gasteiger charge is 2.59. The zero-order valence-electron chi connectivity index (χ0n) is 18.5. The Balaban J connectivity index is 1.54. The Labute approximate surface area is 189 Å². The molecule has 1 unspecified atom stereocenters. The van der Waals surface area contributed by atoms with Crippen molar-refractivity contribution in [2.45, 2.75) is 31.0 Å². The van der Waals surface area contributed by atoms with E-state index in [1.54, 1.807) is 12.0 Å². The van der Waals surface area contributed by atoms with Crippen molar-refractivity contribution < 1.29 is 32.6 Å². The van der Waals surface area contributed by atoms with Crippen molar-refractivity contribution in [1.29, 1.82) is 0 Å². The molecular weight excluding hydrogens is 441 g/mol. The summed E-state index contributed by atoms with van der Waals surface area (Å²) in [5, 5.41) is 10.4. The number of rotatable bonds is 7.